The normalized spacial score (nSPS) is 26.9. The predicted molar refractivity (Wildman–Crippen MR) is 31.8 cm³/mol. The van der Waals surface area contributed by atoms with Crippen LogP contribution in [-0.2, 0) is 4.79 Å². The van der Waals surface area contributed by atoms with E-state index in [-0.39, 0.29) is 5.91 Å². The lowest BCUT2D eigenvalue weighted by atomic mass is 10.3. The Morgan fingerprint density at radius 3 is 2.67 bits per heavy atom. The summed E-state index contributed by atoms with van der Waals surface area (Å²) in [7, 11) is 0. The van der Waals surface area contributed by atoms with E-state index < -0.39 is 6.17 Å². The number of nitrogens with zero attached hydrogens (tertiary/aromatic N) is 1. The van der Waals surface area contributed by atoms with E-state index in [2.05, 4.69) is 0 Å². The van der Waals surface area contributed by atoms with Crippen LogP contribution in [0.2, 0.25) is 0 Å². The van der Waals surface area contributed by atoms with E-state index in [4.69, 9.17) is 0 Å². The second-order valence-electron chi connectivity index (χ2n) is 2.35. The van der Waals surface area contributed by atoms with Gasteiger partial charge >= 0.3 is 0 Å². The molecular weight excluding hydrogens is 121 g/mol. The molecule has 0 aromatic heterocycles. The second kappa shape index (κ2) is 2.33. The van der Waals surface area contributed by atoms with Crippen LogP contribution < -0.4 is 0 Å². The van der Waals surface area contributed by atoms with Crippen molar-refractivity contribution >= 4 is 5.91 Å². The molecule has 0 aliphatic carbocycles. The average molecular weight is 131 g/mol. The summed E-state index contributed by atoms with van der Waals surface area (Å²) in [5.74, 6) is -0.0184. The van der Waals surface area contributed by atoms with E-state index >= 15 is 0 Å². The number of amides is 1. The minimum absolute atomic E-state index is 0.0184. The third-order valence-electron chi connectivity index (χ3n) is 1.58. The molecule has 1 unspecified atom stereocenters. The first-order valence-electron chi connectivity index (χ1n) is 3.09. The Kier molecular flexibility index (Phi) is 1.69. The number of carbonyl (C=O) groups is 1. The summed E-state index contributed by atoms with van der Waals surface area (Å²) in [5, 5.41) is 0. The van der Waals surface area contributed by atoms with Gasteiger partial charge in [-0.3, -0.25) is 4.79 Å². The highest BCUT2D eigenvalue weighted by Crippen LogP contribution is 2.11. The number of carbonyl (C=O) groups excluding carboxylic acids is 1. The summed E-state index contributed by atoms with van der Waals surface area (Å²) in [6.45, 7) is 2.36. The largest absolute Gasteiger partial charge is 0.340 e. The molecule has 0 N–H and O–H groups in total. The van der Waals surface area contributed by atoms with Crippen molar-refractivity contribution in [1.29, 1.82) is 0 Å². The minimum Gasteiger partial charge on any atom is -0.340 e. The lowest BCUT2D eigenvalue weighted by Gasteiger charge is -2.10. The van der Waals surface area contributed by atoms with Gasteiger partial charge in [0.05, 0.1) is 6.54 Å². The number of hydrogen-bond donors (Lipinski definition) is 0. The molecule has 3 heteroatoms. The highest BCUT2D eigenvalue weighted by molar-refractivity contribution is 5.73. The van der Waals surface area contributed by atoms with Crippen molar-refractivity contribution in [3.63, 3.8) is 0 Å². The molecule has 1 atom stereocenters. The summed E-state index contributed by atoms with van der Waals surface area (Å²) in [6, 6.07) is 0. The van der Waals surface area contributed by atoms with Crippen LogP contribution in [0.1, 0.15) is 13.3 Å². The van der Waals surface area contributed by atoms with Crippen LogP contribution in [0.5, 0.6) is 0 Å². The van der Waals surface area contributed by atoms with Crippen LogP contribution in [0.3, 0.4) is 0 Å². The van der Waals surface area contributed by atoms with Crippen LogP contribution >= 0.6 is 0 Å². The molecule has 1 aliphatic heterocycles. The molecule has 1 aliphatic rings. The lowest BCUT2D eigenvalue weighted by molar-refractivity contribution is -0.127. The third kappa shape index (κ3) is 1.40. The molecule has 0 aromatic carbocycles. The number of halogens is 1. The Bertz CT molecular complexity index is 126. The Balaban J connectivity index is 2.39. The molecule has 2 nitrogen and oxygen atoms in total. The summed E-state index contributed by atoms with van der Waals surface area (Å²) < 4.78 is 12.3. The van der Waals surface area contributed by atoms with Crippen molar-refractivity contribution in [2.24, 2.45) is 0 Å². The van der Waals surface area contributed by atoms with Crippen LogP contribution in [0.15, 0.2) is 0 Å². The Morgan fingerprint density at radius 1 is 1.78 bits per heavy atom. The molecule has 0 spiro atoms. The first-order chi connectivity index (χ1) is 4.20. The van der Waals surface area contributed by atoms with Gasteiger partial charge in [-0.15, -0.1) is 0 Å². The Morgan fingerprint density at radius 2 is 2.44 bits per heavy atom. The lowest BCUT2D eigenvalue weighted by Crippen LogP contribution is -2.25. The van der Waals surface area contributed by atoms with Crippen molar-refractivity contribution in [2.75, 3.05) is 13.1 Å². The zero-order valence-electron chi connectivity index (χ0n) is 5.43. The molecule has 1 fully saturated rings. The highest BCUT2D eigenvalue weighted by atomic mass is 19.1. The molecule has 0 bridgehead atoms. The van der Waals surface area contributed by atoms with Gasteiger partial charge in [0.1, 0.15) is 6.17 Å². The molecule has 0 saturated carbocycles. The molecule has 1 rings (SSSR count). The van der Waals surface area contributed by atoms with E-state index in [1.165, 1.54) is 11.8 Å². The van der Waals surface area contributed by atoms with Crippen molar-refractivity contribution in [3.05, 3.63) is 0 Å². The van der Waals surface area contributed by atoms with E-state index in [0.717, 1.165) is 0 Å². The van der Waals surface area contributed by atoms with E-state index in [1.54, 1.807) is 0 Å². The first kappa shape index (κ1) is 6.52. The maximum absolute atomic E-state index is 12.3. The van der Waals surface area contributed by atoms with Gasteiger partial charge in [-0.25, -0.2) is 4.39 Å². The fourth-order valence-electron chi connectivity index (χ4n) is 1.00. The molecule has 1 amide bonds. The van der Waals surface area contributed by atoms with Crippen molar-refractivity contribution in [3.8, 4) is 0 Å². The molecule has 1 saturated heterocycles. The molecule has 1 heterocycles. The van der Waals surface area contributed by atoms with Crippen LogP contribution in [0.4, 0.5) is 4.39 Å². The van der Waals surface area contributed by atoms with Crippen molar-refractivity contribution < 1.29 is 9.18 Å². The number of rotatable bonds is 0. The van der Waals surface area contributed by atoms with Crippen LogP contribution in [-0.4, -0.2) is 30.1 Å². The predicted octanol–water partition coefficient (Wildman–Crippen LogP) is 0.577. The standard InChI is InChI=1S/C6H10FNO/c1-5(9)8-3-2-6(7)4-8/h6H,2-4H2,1H3. The average Bonchev–Trinajstić information content (AvgIpc) is 2.14. The maximum atomic E-state index is 12.3. The van der Waals surface area contributed by atoms with Crippen LogP contribution in [0.25, 0.3) is 0 Å². The maximum Gasteiger partial charge on any atom is 0.219 e. The van der Waals surface area contributed by atoms with Crippen LogP contribution in [0, 0.1) is 0 Å². The monoisotopic (exact) mass is 131 g/mol. The van der Waals surface area contributed by atoms with Gasteiger partial charge in [-0.05, 0) is 6.42 Å². The summed E-state index contributed by atoms with van der Waals surface area (Å²) in [5.41, 5.74) is 0. The van der Waals surface area contributed by atoms with Gasteiger partial charge in [-0.2, -0.15) is 0 Å². The van der Waals surface area contributed by atoms with Gasteiger partial charge in [0, 0.05) is 13.5 Å². The van der Waals surface area contributed by atoms with E-state index in [1.807, 2.05) is 0 Å². The molecule has 0 aromatic rings. The Hall–Kier alpha value is -0.600. The zero-order valence-corrected chi connectivity index (χ0v) is 5.43. The van der Waals surface area contributed by atoms with Gasteiger partial charge in [0.15, 0.2) is 0 Å². The number of hydrogen-bond acceptors (Lipinski definition) is 1. The van der Waals surface area contributed by atoms with Crippen molar-refractivity contribution in [2.45, 2.75) is 19.5 Å². The third-order valence-corrected chi connectivity index (χ3v) is 1.58. The number of alkyl halides is 1. The van der Waals surface area contributed by atoms with E-state index in [9.17, 15) is 9.18 Å². The minimum atomic E-state index is -0.783. The van der Waals surface area contributed by atoms with Gasteiger partial charge < -0.3 is 4.90 Å². The fourth-order valence-corrected chi connectivity index (χ4v) is 1.00. The SMILES string of the molecule is CC(=O)N1CCC(F)C1. The van der Waals surface area contributed by atoms with E-state index in [0.29, 0.717) is 19.5 Å². The first-order valence-corrected chi connectivity index (χ1v) is 3.09. The topological polar surface area (TPSA) is 20.3 Å². The van der Waals surface area contributed by atoms with Gasteiger partial charge in [0.2, 0.25) is 5.91 Å². The highest BCUT2D eigenvalue weighted by Gasteiger charge is 2.22. The zero-order chi connectivity index (χ0) is 6.85. The van der Waals surface area contributed by atoms with Gasteiger partial charge in [0.25, 0.3) is 0 Å². The number of likely N-dealkylation sites (tertiary alicyclic amines) is 1. The summed E-state index contributed by atoms with van der Waals surface area (Å²) in [6.07, 6.45) is -0.270. The smallest absolute Gasteiger partial charge is 0.219 e. The molecule has 9 heavy (non-hydrogen) atoms. The molecular formula is C6H10FNO. The Labute approximate surface area is 53.6 Å². The second-order valence-corrected chi connectivity index (χ2v) is 2.35. The fraction of sp³-hybridized carbons (Fsp3) is 0.833. The summed E-state index contributed by atoms with van der Waals surface area (Å²) in [4.78, 5) is 12.1. The van der Waals surface area contributed by atoms with Crippen molar-refractivity contribution in [1.82, 2.24) is 4.90 Å². The van der Waals surface area contributed by atoms with Gasteiger partial charge in [-0.1, -0.05) is 0 Å². The quantitative estimate of drug-likeness (QED) is 0.471. The molecule has 52 valence electrons. The summed E-state index contributed by atoms with van der Waals surface area (Å²) >= 11 is 0. The molecule has 0 radical (unpaired) electrons.